The molecule has 2 atom stereocenters. The Balaban J connectivity index is 2.08. The van der Waals surface area contributed by atoms with E-state index in [1.807, 2.05) is 0 Å². The van der Waals surface area contributed by atoms with Crippen molar-refractivity contribution in [1.82, 2.24) is 5.32 Å². The summed E-state index contributed by atoms with van der Waals surface area (Å²) in [6.07, 6.45) is 1.57. The average molecular weight is 345 g/mol. The molecule has 2 amide bonds. The van der Waals surface area contributed by atoms with Crippen molar-refractivity contribution in [1.29, 1.82) is 0 Å². The Bertz CT molecular complexity index is 608. The summed E-state index contributed by atoms with van der Waals surface area (Å²) >= 11 is 0. The normalized spacial score (nSPS) is 18.2. The number of hydrogen-bond acceptors (Lipinski definition) is 5. The Morgan fingerprint density at radius 3 is 2.83 bits per heavy atom. The summed E-state index contributed by atoms with van der Waals surface area (Å²) in [6, 6.07) is 1.97. The predicted octanol–water partition coefficient (Wildman–Crippen LogP) is 2.89. The maximum atomic E-state index is 12.4. The van der Waals surface area contributed by atoms with Gasteiger partial charge >= 0.3 is 12.6 Å². The van der Waals surface area contributed by atoms with Gasteiger partial charge in [0.05, 0.1) is 22.8 Å². The highest BCUT2D eigenvalue weighted by molar-refractivity contribution is 5.91. The van der Waals surface area contributed by atoms with Crippen LogP contribution in [0, 0.1) is 10.1 Å². The molecule has 1 heterocycles. The molecule has 2 rings (SSSR count). The van der Waals surface area contributed by atoms with E-state index in [9.17, 15) is 23.7 Å². The van der Waals surface area contributed by atoms with Crippen molar-refractivity contribution in [2.24, 2.45) is 0 Å². The summed E-state index contributed by atoms with van der Waals surface area (Å²) in [5.74, 6) is -0.365. The lowest BCUT2D eigenvalue weighted by Crippen LogP contribution is -2.43. The van der Waals surface area contributed by atoms with E-state index in [0.29, 0.717) is 6.61 Å². The molecule has 0 radical (unpaired) electrons. The largest absolute Gasteiger partial charge is 0.433 e. The number of ether oxygens (including phenoxy) is 2. The number of nitrogens with zero attached hydrogens (tertiary/aromatic N) is 1. The third-order valence-corrected chi connectivity index (χ3v) is 3.52. The summed E-state index contributed by atoms with van der Waals surface area (Å²) in [4.78, 5) is 22.1. The topological polar surface area (TPSA) is 103 Å². The number of hydrogen-bond donors (Lipinski definition) is 2. The number of nitrogens with one attached hydrogen (secondary N) is 2. The number of halogens is 2. The molecule has 2 N–H and O–H groups in total. The third kappa shape index (κ3) is 4.75. The van der Waals surface area contributed by atoms with Gasteiger partial charge in [-0.05, 0) is 25.8 Å². The number of nitro benzene ring substituents is 1. The number of non-ortho nitro benzene ring substituents is 1. The van der Waals surface area contributed by atoms with Crippen molar-refractivity contribution in [3.8, 4) is 5.75 Å². The fourth-order valence-electron chi connectivity index (χ4n) is 2.38. The third-order valence-electron chi connectivity index (χ3n) is 3.52. The number of urea groups is 1. The van der Waals surface area contributed by atoms with Crippen molar-refractivity contribution in [2.45, 2.75) is 38.5 Å². The molecule has 0 aliphatic carbocycles. The maximum Gasteiger partial charge on any atom is 0.387 e. The van der Waals surface area contributed by atoms with Crippen molar-refractivity contribution in [3.05, 3.63) is 28.3 Å². The van der Waals surface area contributed by atoms with E-state index in [4.69, 9.17) is 4.74 Å². The van der Waals surface area contributed by atoms with E-state index in [1.54, 1.807) is 6.92 Å². The molecule has 0 aromatic heterocycles. The highest BCUT2D eigenvalue weighted by Crippen LogP contribution is 2.30. The second kappa shape index (κ2) is 7.86. The Morgan fingerprint density at radius 1 is 1.50 bits per heavy atom. The standard InChI is InChI=1S/C14H17F2N3O5/c1-8(11-3-2-6-23-11)17-14(20)18-10-7-9(19(21)22)4-5-12(10)24-13(15)16/h4-5,7-8,11,13H,2-3,6H2,1H3,(H2,17,18,20)/t8-,11+/m1/s1. The summed E-state index contributed by atoms with van der Waals surface area (Å²) in [6.45, 7) is -0.754. The molecule has 0 unspecified atom stereocenters. The predicted molar refractivity (Wildman–Crippen MR) is 80.3 cm³/mol. The van der Waals surface area contributed by atoms with Gasteiger partial charge in [-0.25, -0.2) is 4.79 Å². The Morgan fingerprint density at radius 2 is 2.25 bits per heavy atom. The van der Waals surface area contributed by atoms with Gasteiger partial charge in [0.25, 0.3) is 5.69 Å². The number of alkyl halides is 2. The minimum atomic E-state index is -3.12. The average Bonchev–Trinajstić information content (AvgIpc) is 3.02. The van der Waals surface area contributed by atoms with Gasteiger partial charge in [-0.15, -0.1) is 0 Å². The number of benzene rings is 1. The fourth-order valence-corrected chi connectivity index (χ4v) is 2.38. The van der Waals surface area contributed by atoms with E-state index < -0.39 is 17.6 Å². The molecule has 1 aliphatic heterocycles. The molecule has 8 nitrogen and oxygen atoms in total. The Hall–Kier alpha value is -2.49. The molecule has 1 aromatic rings. The van der Waals surface area contributed by atoms with Gasteiger partial charge in [0.2, 0.25) is 0 Å². The van der Waals surface area contributed by atoms with Crippen LogP contribution >= 0.6 is 0 Å². The second-order valence-corrected chi connectivity index (χ2v) is 5.25. The lowest BCUT2D eigenvalue weighted by Gasteiger charge is -2.20. The lowest BCUT2D eigenvalue weighted by molar-refractivity contribution is -0.384. The van der Waals surface area contributed by atoms with Crippen LogP contribution in [0.4, 0.5) is 25.0 Å². The van der Waals surface area contributed by atoms with Gasteiger partial charge < -0.3 is 20.1 Å². The van der Waals surface area contributed by atoms with Crippen LogP contribution in [0.15, 0.2) is 18.2 Å². The van der Waals surface area contributed by atoms with Gasteiger partial charge in [0.15, 0.2) is 0 Å². The number of carbonyl (C=O) groups is 1. The Kier molecular flexibility index (Phi) is 5.85. The quantitative estimate of drug-likeness (QED) is 0.609. The maximum absolute atomic E-state index is 12.4. The number of carbonyl (C=O) groups excluding carboxylic acids is 1. The van der Waals surface area contributed by atoms with Crippen molar-refractivity contribution < 1.29 is 28.0 Å². The first-order valence-electron chi connectivity index (χ1n) is 7.29. The zero-order chi connectivity index (χ0) is 17.7. The van der Waals surface area contributed by atoms with Crippen molar-refractivity contribution >= 4 is 17.4 Å². The minimum absolute atomic E-state index is 0.127. The van der Waals surface area contributed by atoms with Crippen LogP contribution in [0.25, 0.3) is 0 Å². The summed E-state index contributed by atoms with van der Waals surface area (Å²) in [7, 11) is 0. The summed E-state index contributed by atoms with van der Waals surface area (Å²) < 4.78 is 34.5. The van der Waals surface area contributed by atoms with E-state index in [1.165, 1.54) is 0 Å². The van der Waals surface area contributed by atoms with Crippen LogP contribution in [0.2, 0.25) is 0 Å². The summed E-state index contributed by atoms with van der Waals surface area (Å²) in [5.41, 5.74) is -0.583. The van der Waals surface area contributed by atoms with Gasteiger partial charge in [-0.3, -0.25) is 10.1 Å². The van der Waals surface area contributed by atoms with E-state index >= 15 is 0 Å². The van der Waals surface area contributed by atoms with Gasteiger partial charge in [0.1, 0.15) is 5.75 Å². The van der Waals surface area contributed by atoms with E-state index in [2.05, 4.69) is 15.4 Å². The van der Waals surface area contributed by atoms with E-state index in [0.717, 1.165) is 31.0 Å². The van der Waals surface area contributed by atoms with Gasteiger partial charge in [-0.2, -0.15) is 8.78 Å². The van der Waals surface area contributed by atoms with Crippen LogP contribution < -0.4 is 15.4 Å². The molecule has 1 aliphatic rings. The summed E-state index contributed by atoms with van der Waals surface area (Å²) in [5, 5.41) is 15.7. The highest BCUT2D eigenvalue weighted by atomic mass is 19.3. The first-order chi connectivity index (χ1) is 11.4. The smallest absolute Gasteiger partial charge is 0.387 e. The molecule has 1 saturated heterocycles. The lowest BCUT2D eigenvalue weighted by atomic mass is 10.1. The van der Waals surface area contributed by atoms with Gasteiger partial charge in [0, 0.05) is 18.7 Å². The van der Waals surface area contributed by atoms with Crippen molar-refractivity contribution in [3.63, 3.8) is 0 Å². The van der Waals surface area contributed by atoms with Crippen LogP contribution in [0.1, 0.15) is 19.8 Å². The van der Waals surface area contributed by atoms with Crippen LogP contribution in [0.3, 0.4) is 0 Å². The first-order valence-corrected chi connectivity index (χ1v) is 7.29. The molecule has 0 spiro atoms. The first kappa shape index (κ1) is 17.9. The zero-order valence-corrected chi connectivity index (χ0v) is 12.8. The SMILES string of the molecule is C[C@@H](NC(=O)Nc1cc([N+](=O)[O-])ccc1OC(F)F)[C@@H]1CCCO1. The van der Waals surface area contributed by atoms with Crippen LogP contribution in [-0.2, 0) is 4.74 Å². The molecule has 0 saturated carbocycles. The number of rotatable bonds is 6. The van der Waals surface area contributed by atoms with Crippen LogP contribution in [0.5, 0.6) is 5.75 Å². The highest BCUT2D eigenvalue weighted by Gasteiger charge is 2.24. The molecule has 132 valence electrons. The molecule has 24 heavy (non-hydrogen) atoms. The zero-order valence-electron chi connectivity index (χ0n) is 12.8. The number of anilines is 1. The van der Waals surface area contributed by atoms with E-state index in [-0.39, 0.29) is 29.3 Å². The fraction of sp³-hybridized carbons (Fsp3) is 0.500. The van der Waals surface area contributed by atoms with Crippen molar-refractivity contribution in [2.75, 3.05) is 11.9 Å². The Labute approximate surface area is 136 Å². The van der Waals surface area contributed by atoms with Gasteiger partial charge in [-0.1, -0.05) is 0 Å². The molecule has 1 aromatic carbocycles. The number of nitro groups is 1. The molecule has 1 fully saturated rings. The monoisotopic (exact) mass is 345 g/mol. The number of amides is 2. The molecule has 10 heteroatoms. The molecular weight excluding hydrogens is 328 g/mol. The van der Waals surface area contributed by atoms with Crippen LogP contribution in [-0.4, -0.2) is 36.3 Å². The molecular formula is C14H17F2N3O5. The molecule has 0 bridgehead atoms. The minimum Gasteiger partial charge on any atom is -0.433 e. The second-order valence-electron chi connectivity index (χ2n) is 5.25.